The first-order chi connectivity index (χ1) is 12.1. The highest BCUT2D eigenvalue weighted by molar-refractivity contribution is 7.89. The Bertz CT molecular complexity index is 804. The highest BCUT2D eigenvalue weighted by Gasteiger charge is 2.22. The predicted molar refractivity (Wildman–Crippen MR) is 98.1 cm³/mol. The Labute approximate surface area is 149 Å². The number of ether oxygens (including phenoxy) is 1. The maximum absolute atomic E-state index is 12.5. The summed E-state index contributed by atoms with van der Waals surface area (Å²) in [5.74, 6) is 0. The van der Waals surface area contributed by atoms with Gasteiger partial charge in [0.1, 0.15) is 0 Å². The molecule has 0 aromatic heterocycles. The second-order valence-electron chi connectivity index (χ2n) is 6.19. The number of hydrogen-bond donors (Lipinski definition) is 2. The molecule has 5 nitrogen and oxygen atoms in total. The topological polar surface area (TPSA) is 67.4 Å². The summed E-state index contributed by atoms with van der Waals surface area (Å²) in [5.41, 5.74) is 3.52. The Kier molecular flexibility index (Phi) is 5.86. The average Bonchev–Trinajstić information content (AvgIpc) is 2.65. The molecule has 134 valence electrons. The molecule has 0 saturated heterocycles. The Balaban J connectivity index is 1.66. The summed E-state index contributed by atoms with van der Waals surface area (Å²) in [5, 5.41) is 3.39. The number of nitrogens with one attached hydrogen (secondary N) is 2. The number of fused-ring (bicyclic) bond motifs is 1. The van der Waals surface area contributed by atoms with Crippen LogP contribution in [0, 0.1) is 0 Å². The molecule has 25 heavy (non-hydrogen) atoms. The van der Waals surface area contributed by atoms with Crippen LogP contribution in [0.1, 0.15) is 22.7 Å². The standard InChI is InChI=1S/C19H24N2O3S/c1-24-13-11-15-6-8-17(9-7-15)25(22,23)21-14-19-18-5-3-2-4-16(18)10-12-20-19/h2-9,19-21H,10-14H2,1H3. The van der Waals surface area contributed by atoms with Crippen LogP contribution >= 0.6 is 0 Å². The van der Waals surface area contributed by atoms with Crippen molar-refractivity contribution in [1.29, 1.82) is 0 Å². The van der Waals surface area contributed by atoms with Gasteiger partial charge in [0.25, 0.3) is 0 Å². The minimum absolute atomic E-state index is 0.000649. The SMILES string of the molecule is COCCc1ccc(S(=O)(=O)NCC2NCCc3ccccc32)cc1. The normalized spacial score (nSPS) is 17.2. The Morgan fingerprint density at radius 2 is 1.92 bits per heavy atom. The molecule has 1 unspecified atom stereocenters. The molecule has 0 bridgehead atoms. The number of sulfonamides is 1. The lowest BCUT2D eigenvalue weighted by Crippen LogP contribution is -2.38. The van der Waals surface area contributed by atoms with Crippen LogP contribution in [-0.4, -0.2) is 35.2 Å². The van der Waals surface area contributed by atoms with Crippen LogP contribution in [0.25, 0.3) is 0 Å². The molecule has 0 spiro atoms. The molecule has 1 aliphatic heterocycles. The van der Waals surface area contributed by atoms with Gasteiger partial charge in [0.2, 0.25) is 10.0 Å². The van der Waals surface area contributed by atoms with E-state index in [0.29, 0.717) is 13.2 Å². The Hall–Kier alpha value is -1.73. The van der Waals surface area contributed by atoms with Gasteiger partial charge in [-0.1, -0.05) is 36.4 Å². The van der Waals surface area contributed by atoms with E-state index in [4.69, 9.17) is 4.74 Å². The Morgan fingerprint density at radius 3 is 2.68 bits per heavy atom. The van der Waals surface area contributed by atoms with Crippen molar-refractivity contribution in [2.24, 2.45) is 0 Å². The summed E-state index contributed by atoms with van der Waals surface area (Å²) in [6.45, 7) is 1.82. The lowest BCUT2D eigenvalue weighted by Gasteiger charge is -2.27. The quantitative estimate of drug-likeness (QED) is 0.793. The van der Waals surface area contributed by atoms with Gasteiger partial charge in [-0.15, -0.1) is 0 Å². The molecular weight excluding hydrogens is 336 g/mol. The molecule has 1 atom stereocenters. The van der Waals surface area contributed by atoms with E-state index in [9.17, 15) is 8.42 Å². The highest BCUT2D eigenvalue weighted by atomic mass is 32.2. The van der Waals surface area contributed by atoms with Crippen molar-refractivity contribution >= 4 is 10.0 Å². The van der Waals surface area contributed by atoms with Crippen molar-refractivity contribution in [1.82, 2.24) is 10.0 Å². The van der Waals surface area contributed by atoms with Crippen molar-refractivity contribution in [2.75, 3.05) is 26.8 Å². The molecule has 2 aromatic carbocycles. The number of methoxy groups -OCH3 is 1. The zero-order valence-electron chi connectivity index (χ0n) is 14.4. The maximum atomic E-state index is 12.5. The highest BCUT2D eigenvalue weighted by Crippen LogP contribution is 2.22. The monoisotopic (exact) mass is 360 g/mol. The molecule has 1 aliphatic rings. The third-order valence-electron chi connectivity index (χ3n) is 4.52. The molecule has 6 heteroatoms. The van der Waals surface area contributed by atoms with Gasteiger partial charge in [0.05, 0.1) is 11.5 Å². The van der Waals surface area contributed by atoms with Gasteiger partial charge < -0.3 is 10.1 Å². The van der Waals surface area contributed by atoms with Crippen molar-refractivity contribution in [3.05, 3.63) is 65.2 Å². The van der Waals surface area contributed by atoms with E-state index in [0.717, 1.165) is 24.9 Å². The first kappa shape index (κ1) is 18.1. The third kappa shape index (κ3) is 4.46. The molecule has 0 radical (unpaired) electrons. The van der Waals surface area contributed by atoms with Gasteiger partial charge in [-0.25, -0.2) is 13.1 Å². The van der Waals surface area contributed by atoms with E-state index < -0.39 is 10.0 Å². The number of rotatable bonds is 7. The first-order valence-corrected chi connectivity index (χ1v) is 9.97. The summed E-state index contributed by atoms with van der Waals surface area (Å²) in [6.07, 6.45) is 1.75. The van der Waals surface area contributed by atoms with Crippen molar-refractivity contribution in [2.45, 2.75) is 23.8 Å². The molecule has 1 heterocycles. The third-order valence-corrected chi connectivity index (χ3v) is 5.96. The fraction of sp³-hybridized carbons (Fsp3) is 0.368. The first-order valence-electron chi connectivity index (χ1n) is 8.49. The van der Waals surface area contributed by atoms with E-state index in [1.807, 2.05) is 24.3 Å². The zero-order valence-corrected chi connectivity index (χ0v) is 15.2. The van der Waals surface area contributed by atoms with Gasteiger partial charge in [0.15, 0.2) is 0 Å². The summed E-state index contributed by atoms with van der Waals surface area (Å²) in [4.78, 5) is 0.290. The summed E-state index contributed by atoms with van der Waals surface area (Å²) >= 11 is 0. The minimum Gasteiger partial charge on any atom is -0.384 e. The summed E-state index contributed by atoms with van der Waals surface area (Å²) < 4.78 is 32.9. The van der Waals surface area contributed by atoms with Crippen LogP contribution in [0.3, 0.4) is 0 Å². The average molecular weight is 360 g/mol. The van der Waals surface area contributed by atoms with Crippen LogP contribution < -0.4 is 10.0 Å². The van der Waals surface area contributed by atoms with E-state index in [1.54, 1.807) is 19.2 Å². The van der Waals surface area contributed by atoms with Crippen LogP contribution in [0.4, 0.5) is 0 Å². The van der Waals surface area contributed by atoms with Crippen molar-refractivity contribution in [3.8, 4) is 0 Å². The molecule has 3 rings (SSSR count). The van der Waals surface area contributed by atoms with E-state index in [1.165, 1.54) is 11.1 Å². The molecule has 0 fully saturated rings. The van der Waals surface area contributed by atoms with E-state index in [2.05, 4.69) is 22.2 Å². The summed E-state index contributed by atoms with van der Waals surface area (Å²) in [6, 6.07) is 15.2. The van der Waals surface area contributed by atoms with Gasteiger partial charge >= 0.3 is 0 Å². The van der Waals surface area contributed by atoms with Crippen LogP contribution in [-0.2, 0) is 27.6 Å². The largest absolute Gasteiger partial charge is 0.384 e. The molecule has 2 aromatic rings. The zero-order chi connectivity index (χ0) is 17.7. The smallest absolute Gasteiger partial charge is 0.240 e. The van der Waals surface area contributed by atoms with E-state index >= 15 is 0 Å². The number of hydrogen-bond acceptors (Lipinski definition) is 4. The predicted octanol–water partition coefficient (Wildman–Crippen LogP) is 2.04. The van der Waals surface area contributed by atoms with Gasteiger partial charge in [0, 0.05) is 19.7 Å². The van der Waals surface area contributed by atoms with Crippen molar-refractivity contribution < 1.29 is 13.2 Å². The molecule has 0 saturated carbocycles. The van der Waals surface area contributed by atoms with Gasteiger partial charge in [-0.3, -0.25) is 0 Å². The van der Waals surface area contributed by atoms with Crippen LogP contribution in [0.2, 0.25) is 0 Å². The van der Waals surface area contributed by atoms with Crippen molar-refractivity contribution in [3.63, 3.8) is 0 Å². The van der Waals surface area contributed by atoms with E-state index in [-0.39, 0.29) is 10.9 Å². The molecule has 0 amide bonds. The van der Waals surface area contributed by atoms with Crippen LogP contribution in [0.15, 0.2) is 53.4 Å². The van der Waals surface area contributed by atoms with Gasteiger partial charge in [-0.05, 0) is 48.2 Å². The lowest BCUT2D eigenvalue weighted by atomic mass is 9.95. The maximum Gasteiger partial charge on any atom is 0.240 e. The van der Waals surface area contributed by atoms with Gasteiger partial charge in [-0.2, -0.15) is 0 Å². The molecule has 2 N–H and O–H groups in total. The fourth-order valence-electron chi connectivity index (χ4n) is 3.11. The lowest BCUT2D eigenvalue weighted by molar-refractivity contribution is 0.202. The summed E-state index contributed by atoms with van der Waals surface area (Å²) in [7, 11) is -1.87. The second-order valence-corrected chi connectivity index (χ2v) is 7.96. The van der Waals surface area contributed by atoms with Crippen LogP contribution in [0.5, 0.6) is 0 Å². The number of benzene rings is 2. The minimum atomic E-state index is -3.52. The molecule has 0 aliphatic carbocycles. The second kappa shape index (κ2) is 8.10. The fourth-order valence-corrected chi connectivity index (χ4v) is 4.15. The molecular formula is C19H24N2O3S. The Morgan fingerprint density at radius 1 is 1.16 bits per heavy atom.